The zero-order valence-corrected chi connectivity index (χ0v) is 12.9. The summed E-state index contributed by atoms with van der Waals surface area (Å²) in [6.45, 7) is 0.971. The normalized spacial score (nSPS) is 11.7. The molecular formula is C15H14ClN3O4. The summed E-state index contributed by atoms with van der Waals surface area (Å²) in [5.74, 6) is -1.77. The Morgan fingerprint density at radius 2 is 1.91 bits per heavy atom. The molecule has 1 aromatic carbocycles. The molecule has 2 N–H and O–H groups in total. The van der Waals surface area contributed by atoms with Crippen LogP contribution in [-0.4, -0.2) is 32.8 Å². The molecule has 0 aliphatic carbocycles. The molecule has 0 radical (unpaired) electrons. The Morgan fingerprint density at radius 1 is 1.26 bits per heavy atom. The fourth-order valence-electron chi connectivity index (χ4n) is 1.82. The average molecular weight is 336 g/mol. The van der Waals surface area contributed by atoms with E-state index in [1.165, 1.54) is 13.0 Å². The Morgan fingerprint density at radius 3 is 2.52 bits per heavy atom. The van der Waals surface area contributed by atoms with Crippen molar-refractivity contribution >= 4 is 23.5 Å². The number of rotatable bonds is 5. The van der Waals surface area contributed by atoms with E-state index in [1.54, 1.807) is 30.3 Å². The van der Waals surface area contributed by atoms with Crippen molar-refractivity contribution in [2.75, 3.05) is 0 Å². The summed E-state index contributed by atoms with van der Waals surface area (Å²) < 4.78 is 0.980. The van der Waals surface area contributed by atoms with Crippen LogP contribution >= 0.6 is 11.6 Å². The highest BCUT2D eigenvalue weighted by Gasteiger charge is 2.15. The van der Waals surface area contributed by atoms with Crippen molar-refractivity contribution < 1.29 is 14.7 Å². The van der Waals surface area contributed by atoms with Crippen molar-refractivity contribution in [2.45, 2.75) is 19.5 Å². The van der Waals surface area contributed by atoms with Crippen molar-refractivity contribution in [3.05, 3.63) is 51.8 Å². The Hall–Kier alpha value is -2.67. The number of nitrogens with one attached hydrogen (secondary N) is 1. The van der Waals surface area contributed by atoms with Crippen LogP contribution < -0.4 is 10.9 Å². The Labute approximate surface area is 136 Å². The van der Waals surface area contributed by atoms with Gasteiger partial charge in [0.15, 0.2) is 0 Å². The van der Waals surface area contributed by atoms with Crippen LogP contribution in [0.15, 0.2) is 41.2 Å². The monoisotopic (exact) mass is 335 g/mol. The highest BCUT2D eigenvalue weighted by molar-refractivity contribution is 6.30. The molecule has 0 bridgehead atoms. The van der Waals surface area contributed by atoms with Crippen LogP contribution in [0.2, 0.25) is 5.02 Å². The Kier molecular flexibility index (Phi) is 5.13. The van der Waals surface area contributed by atoms with E-state index in [2.05, 4.69) is 10.4 Å². The standard InChI is InChI=1S/C15H14ClN3O4/c1-9(15(22)23)17-13(20)8-19-14(21)7-6-12(18-19)10-2-4-11(16)5-3-10/h2-7,9H,8H2,1H3,(H,17,20)(H,22,23). The molecule has 0 aliphatic heterocycles. The number of nitrogens with zero attached hydrogens (tertiary/aromatic N) is 2. The number of halogens is 1. The molecule has 0 saturated carbocycles. The SMILES string of the molecule is CC(NC(=O)Cn1nc(-c2ccc(Cl)cc2)ccc1=O)C(=O)O. The maximum Gasteiger partial charge on any atom is 0.325 e. The predicted octanol–water partition coefficient (Wildman–Crippen LogP) is 1.15. The average Bonchev–Trinajstić information content (AvgIpc) is 2.50. The maximum absolute atomic E-state index is 11.8. The van der Waals surface area contributed by atoms with Crippen LogP contribution in [0.1, 0.15) is 6.92 Å². The molecule has 0 fully saturated rings. The van der Waals surface area contributed by atoms with Crippen molar-refractivity contribution in [1.29, 1.82) is 0 Å². The van der Waals surface area contributed by atoms with Gasteiger partial charge in [-0.25, -0.2) is 4.68 Å². The zero-order valence-electron chi connectivity index (χ0n) is 12.2. The van der Waals surface area contributed by atoms with E-state index >= 15 is 0 Å². The number of benzene rings is 1. The van der Waals surface area contributed by atoms with Crippen molar-refractivity contribution in [2.24, 2.45) is 0 Å². The van der Waals surface area contributed by atoms with Gasteiger partial charge in [0.1, 0.15) is 12.6 Å². The fourth-order valence-corrected chi connectivity index (χ4v) is 1.95. The molecule has 0 spiro atoms. The van der Waals surface area contributed by atoms with E-state index in [1.807, 2.05) is 0 Å². The summed E-state index contributed by atoms with van der Waals surface area (Å²) in [6, 6.07) is 8.66. The highest BCUT2D eigenvalue weighted by atomic mass is 35.5. The van der Waals surface area contributed by atoms with Gasteiger partial charge in [-0.3, -0.25) is 14.4 Å². The quantitative estimate of drug-likeness (QED) is 0.853. The number of aliphatic carboxylic acids is 1. The molecule has 1 atom stereocenters. The smallest absolute Gasteiger partial charge is 0.325 e. The second-order valence-electron chi connectivity index (χ2n) is 4.85. The van der Waals surface area contributed by atoms with Gasteiger partial charge in [0.25, 0.3) is 5.56 Å². The topological polar surface area (TPSA) is 101 Å². The first-order valence-corrected chi connectivity index (χ1v) is 7.11. The first-order valence-electron chi connectivity index (χ1n) is 6.73. The summed E-state index contributed by atoms with van der Waals surface area (Å²) in [5, 5.41) is 15.7. The first kappa shape index (κ1) is 16.7. The molecule has 1 unspecified atom stereocenters. The minimum Gasteiger partial charge on any atom is -0.480 e. The van der Waals surface area contributed by atoms with Crippen LogP contribution in [0.3, 0.4) is 0 Å². The van der Waals surface area contributed by atoms with E-state index in [4.69, 9.17) is 16.7 Å². The van der Waals surface area contributed by atoms with Crippen molar-refractivity contribution in [3.8, 4) is 11.3 Å². The van der Waals surface area contributed by atoms with E-state index in [-0.39, 0.29) is 6.54 Å². The lowest BCUT2D eigenvalue weighted by molar-refractivity contribution is -0.141. The fraction of sp³-hybridized carbons (Fsp3) is 0.200. The summed E-state index contributed by atoms with van der Waals surface area (Å²) in [5.41, 5.74) is 0.781. The summed E-state index contributed by atoms with van der Waals surface area (Å²) in [7, 11) is 0. The third-order valence-electron chi connectivity index (χ3n) is 3.05. The van der Waals surface area contributed by atoms with Gasteiger partial charge in [-0.05, 0) is 25.1 Å². The van der Waals surface area contributed by atoms with E-state index in [0.29, 0.717) is 10.7 Å². The van der Waals surface area contributed by atoms with E-state index in [9.17, 15) is 14.4 Å². The van der Waals surface area contributed by atoms with E-state index in [0.717, 1.165) is 10.2 Å². The van der Waals surface area contributed by atoms with Crippen LogP contribution in [-0.2, 0) is 16.1 Å². The number of carbonyl (C=O) groups excluding carboxylic acids is 1. The van der Waals surface area contributed by atoms with Gasteiger partial charge in [0.2, 0.25) is 5.91 Å². The van der Waals surface area contributed by atoms with Crippen LogP contribution in [0.5, 0.6) is 0 Å². The van der Waals surface area contributed by atoms with Gasteiger partial charge >= 0.3 is 5.97 Å². The second-order valence-corrected chi connectivity index (χ2v) is 5.29. The lowest BCUT2D eigenvalue weighted by Gasteiger charge is -2.10. The van der Waals surface area contributed by atoms with Gasteiger partial charge in [-0.2, -0.15) is 5.10 Å². The largest absolute Gasteiger partial charge is 0.480 e. The molecule has 1 heterocycles. The third-order valence-corrected chi connectivity index (χ3v) is 3.30. The number of carbonyl (C=O) groups is 2. The summed E-state index contributed by atoms with van der Waals surface area (Å²) >= 11 is 5.82. The predicted molar refractivity (Wildman–Crippen MR) is 84.2 cm³/mol. The molecular weight excluding hydrogens is 322 g/mol. The number of aromatic nitrogens is 2. The number of carboxylic acids is 1. The molecule has 23 heavy (non-hydrogen) atoms. The van der Waals surface area contributed by atoms with E-state index < -0.39 is 23.5 Å². The van der Waals surface area contributed by atoms with Crippen molar-refractivity contribution in [3.63, 3.8) is 0 Å². The Balaban J connectivity index is 2.21. The molecule has 1 amide bonds. The summed E-state index contributed by atoms with van der Waals surface area (Å²) in [6.07, 6.45) is 0. The zero-order chi connectivity index (χ0) is 17.0. The van der Waals surface area contributed by atoms with Gasteiger partial charge in [-0.1, -0.05) is 23.7 Å². The molecule has 1 aromatic heterocycles. The molecule has 2 rings (SSSR count). The number of carboxylic acid groups (broad SMARTS) is 1. The van der Waals surface area contributed by atoms with Crippen LogP contribution in [0.25, 0.3) is 11.3 Å². The minimum atomic E-state index is -1.16. The molecule has 0 saturated heterocycles. The van der Waals surface area contributed by atoms with Crippen LogP contribution in [0.4, 0.5) is 0 Å². The lowest BCUT2D eigenvalue weighted by Crippen LogP contribution is -2.41. The highest BCUT2D eigenvalue weighted by Crippen LogP contribution is 2.18. The second kappa shape index (κ2) is 7.06. The Bertz CT molecular complexity index is 786. The first-order chi connectivity index (χ1) is 10.9. The number of amides is 1. The van der Waals surface area contributed by atoms with Gasteiger partial charge in [0.05, 0.1) is 5.69 Å². The molecule has 8 heteroatoms. The molecule has 0 aliphatic rings. The van der Waals surface area contributed by atoms with Gasteiger partial charge < -0.3 is 10.4 Å². The number of hydrogen-bond donors (Lipinski definition) is 2. The van der Waals surface area contributed by atoms with Crippen LogP contribution in [0, 0.1) is 0 Å². The lowest BCUT2D eigenvalue weighted by atomic mass is 10.1. The maximum atomic E-state index is 11.8. The molecule has 2 aromatic rings. The van der Waals surface area contributed by atoms with Crippen molar-refractivity contribution in [1.82, 2.24) is 15.1 Å². The molecule has 7 nitrogen and oxygen atoms in total. The summed E-state index contributed by atoms with van der Waals surface area (Å²) in [4.78, 5) is 34.3. The van der Waals surface area contributed by atoms with Gasteiger partial charge in [-0.15, -0.1) is 0 Å². The third kappa shape index (κ3) is 4.40. The molecule has 120 valence electrons. The van der Waals surface area contributed by atoms with Gasteiger partial charge in [0, 0.05) is 16.7 Å². The number of hydrogen-bond acceptors (Lipinski definition) is 4. The minimum absolute atomic E-state index is 0.363.